The molecule has 0 aliphatic heterocycles. The number of nitrogens with one attached hydrogen (secondary N) is 1. The van der Waals surface area contributed by atoms with Gasteiger partial charge >= 0.3 is 0 Å². The highest BCUT2D eigenvalue weighted by Crippen LogP contribution is 2.26. The SMILES string of the molecule is Cc1cc(C)c(C(=O)c2cc(Br)c(Br)[nH]2)c(C)c1. The summed E-state index contributed by atoms with van der Waals surface area (Å²) >= 11 is 6.73. The molecular formula is C14H13Br2NO. The number of aryl methyl sites for hydroxylation is 3. The molecule has 0 atom stereocenters. The summed E-state index contributed by atoms with van der Waals surface area (Å²) in [6.07, 6.45) is 0. The fourth-order valence-electron chi connectivity index (χ4n) is 2.20. The van der Waals surface area contributed by atoms with E-state index in [-0.39, 0.29) is 5.78 Å². The molecule has 0 spiro atoms. The molecule has 4 heteroatoms. The number of aromatic nitrogens is 1. The molecular weight excluding hydrogens is 358 g/mol. The molecule has 1 aromatic carbocycles. The van der Waals surface area contributed by atoms with Crippen LogP contribution in [0.1, 0.15) is 32.7 Å². The second kappa shape index (κ2) is 5.02. The molecule has 2 nitrogen and oxygen atoms in total. The zero-order valence-electron chi connectivity index (χ0n) is 10.4. The van der Waals surface area contributed by atoms with Crippen molar-refractivity contribution in [3.05, 3.63) is 55.2 Å². The minimum absolute atomic E-state index is 0.0244. The summed E-state index contributed by atoms with van der Waals surface area (Å²) < 4.78 is 1.64. The van der Waals surface area contributed by atoms with Crippen LogP contribution >= 0.6 is 31.9 Å². The van der Waals surface area contributed by atoms with Gasteiger partial charge in [0.15, 0.2) is 0 Å². The first-order chi connectivity index (χ1) is 8.40. The highest BCUT2D eigenvalue weighted by Gasteiger charge is 2.17. The molecule has 2 rings (SSSR count). The predicted octanol–water partition coefficient (Wildman–Crippen LogP) is 4.70. The zero-order chi connectivity index (χ0) is 13.4. The monoisotopic (exact) mass is 369 g/mol. The zero-order valence-corrected chi connectivity index (χ0v) is 13.6. The molecule has 0 amide bonds. The summed E-state index contributed by atoms with van der Waals surface area (Å²) in [5.74, 6) is 0.0244. The summed E-state index contributed by atoms with van der Waals surface area (Å²) in [7, 11) is 0. The van der Waals surface area contributed by atoms with Gasteiger partial charge in [0.1, 0.15) is 0 Å². The van der Waals surface area contributed by atoms with Crippen LogP contribution in [-0.2, 0) is 0 Å². The second-order valence-corrected chi connectivity index (χ2v) is 6.10. The lowest BCUT2D eigenvalue weighted by molar-refractivity contribution is 0.103. The van der Waals surface area contributed by atoms with Crippen molar-refractivity contribution < 1.29 is 4.79 Å². The number of halogens is 2. The van der Waals surface area contributed by atoms with Gasteiger partial charge in [0.2, 0.25) is 5.78 Å². The number of rotatable bonds is 2. The van der Waals surface area contributed by atoms with Crippen molar-refractivity contribution in [2.45, 2.75) is 20.8 Å². The Kier molecular flexibility index (Phi) is 3.78. The van der Waals surface area contributed by atoms with Crippen LogP contribution in [0.2, 0.25) is 0 Å². The van der Waals surface area contributed by atoms with Gasteiger partial charge in [0, 0.05) is 5.56 Å². The Labute approximate surface area is 123 Å². The molecule has 0 fully saturated rings. The summed E-state index contributed by atoms with van der Waals surface area (Å²) in [5.41, 5.74) is 4.57. The summed E-state index contributed by atoms with van der Waals surface area (Å²) in [6.45, 7) is 5.98. The molecule has 0 unspecified atom stereocenters. The molecule has 2 aromatic rings. The van der Waals surface area contributed by atoms with E-state index >= 15 is 0 Å². The number of benzene rings is 1. The maximum Gasteiger partial charge on any atom is 0.209 e. The van der Waals surface area contributed by atoms with Crippen molar-refractivity contribution in [3.8, 4) is 0 Å². The van der Waals surface area contributed by atoms with E-state index in [9.17, 15) is 4.79 Å². The highest BCUT2D eigenvalue weighted by molar-refractivity contribution is 9.13. The lowest BCUT2D eigenvalue weighted by Crippen LogP contribution is -2.07. The Morgan fingerprint density at radius 3 is 2.06 bits per heavy atom. The minimum atomic E-state index is 0.0244. The van der Waals surface area contributed by atoms with Gasteiger partial charge in [-0.1, -0.05) is 17.7 Å². The maximum absolute atomic E-state index is 12.5. The Morgan fingerprint density at radius 1 is 1.06 bits per heavy atom. The molecule has 1 N–H and O–H groups in total. The van der Waals surface area contributed by atoms with Gasteiger partial charge in [-0.15, -0.1) is 0 Å². The second-order valence-electron chi connectivity index (χ2n) is 4.45. The van der Waals surface area contributed by atoms with Crippen LogP contribution in [0.5, 0.6) is 0 Å². The number of hydrogen-bond acceptors (Lipinski definition) is 1. The molecule has 0 aliphatic rings. The van der Waals surface area contributed by atoms with Crippen LogP contribution in [-0.4, -0.2) is 10.8 Å². The predicted molar refractivity (Wildman–Crippen MR) is 80.3 cm³/mol. The van der Waals surface area contributed by atoms with Crippen LogP contribution < -0.4 is 0 Å². The van der Waals surface area contributed by atoms with Crippen LogP contribution in [0.4, 0.5) is 0 Å². The largest absolute Gasteiger partial charge is 0.346 e. The molecule has 0 aliphatic carbocycles. The molecule has 18 heavy (non-hydrogen) atoms. The van der Waals surface area contributed by atoms with E-state index in [4.69, 9.17) is 0 Å². The number of H-pyrrole nitrogens is 1. The van der Waals surface area contributed by atoms with Crippen molar-refractivity contribution in [3.63, 3.8) is 0 Å². The summed E-state index contributed by atoms with van der Waals surface area (Å²) in [5, 5.41) is 0. The smallest absolute Gasteiger partial charge is 0.209 e. The molecule has 0 saturated carbocycles. The minimum Gasteiger partial charge on any atom is -0.346 e. The number of carbonyl (C=O) groups excluding carboxylic acids is 1. The fourth-order valence-corrected chi connectivity index (χ4v) is 2.86. The van der Waals surface area contributed by atoms with E-state index in [0.717, 1.165) is 25.8 Å². The molecule has 0 radical (unpaired) electrons. The first-order valence-electron chi connectivity index (χ1n) is 5.56. The lowest BCUT2D eigenvalue weighted by atomic mass is 9.95. The quantitative estimate of drug-likeness (QED) is 0.764. The van der Waals surface area contributed by atoms with Gasteiger partial charge in [-0.2, -0.15) is 0 Å². The van der Waals surface area contributed by atoms with E-state index in [2.05, 4.69) is 36.8 Å². The van der Waals surface area contributed by atoms with E-state index in [1.807, 2.05) is 32.9 Å². The molecule has 94 valence electrons. The molecule has 0 bridgehead atoms. The van der Waals surface area contributed by atoms with Crippen molar-refractivity contribution in [2.24, 2.45) is 0 Å². The van der Waals surface area contributed by atoms with Crippen LogP contribution in [0, 0.1) is 20.8 Å². The number of aromatic amines is 1. The Bertz CT molecular complexity index is 586. The van der Waals surface area contributed by atoms with E-state index in [0.29, 0.717) is 5.69 Å². The Hall–Kier alpha value is -0.870. The topological polar surface area (TPSA) is 32.9 Å². The maximum atomic E-state index is 12.5. The van der Waals surface area contributed by atoms with Crippen LogP contribution in [0.15, 0.2) is 27.3 Å². The highest BCUT2D eigenvalue weighted by atomic mass is 79.9. The van der Waals surface area contributed by atoms with Crippen molar-refractivity contribution in [1.82, 2.24) is 4.98 Å². The third-order valence-electron chi connectivity index (χ3n) is 2.87. The average molecular weight is 371 g/mol. The van der Waals surface area contributed by atoms with Crippen molar-refractivity contribution in [1.29, 1.82) is 0 Å². The van der Waals surface area contributed by atoms with Gasteiger partial charge in [0.25, 0.3) is 0 Å². The van der Waals surface area contributed by atoms with Gasteiger partial charge in [-0.25, -0.2) is 0 Å². The average Bonchev–Trinajstić information content (AvgIpc) is 2.57. The van der Waals surface area contributed by atoms with E-state index in [1.54, 1.807) is 6.07 Å². The Balaban J connectivity index is 2.52. The third kappa shape index (κ3) is 2.45. The van der Waals surface area contributed by atoms with Gasteiger partial charge in [0.05, 0.1) is 14.8 Å². The van der Waals surface area contributed by atoms with Crippen LogP contribution in [0.25, 0.3) is 0 Å². The summed E-state index contributed by atoms with van der Waals surface area (Å²) in [6, 6.07) is 5.87. The standard InChI is InChI=1S/C14H13Br2NO/c1-7-4-8(2)12(9(3)5-7)13(18)11-6-10(15)14(16)17-11/h4-6,17H,1-3H3. The molecule has 0 saturated heterocycles. The third-order valence-corrected chi connectivity index (χ3v) is 4.66. The first-order valence-corrected chi connectivity index (χ1v) is 7.15. The first kappa shape index (κ1) is 13.6. The lowest BCUT2D eigenvalue weighted by Gasteiger charge is -2.09. The Morgan fingerprint density at radius 2 is 1.61 bits per heavy atom. The van der Waals surface area contributed by atoms with Gasteiger partial charge < -0.3 is 4.98 Å². The molecule has 1 aromatic heterocycles. The van der Waals surface area contributed by atoms with Crippen LogP contribution in [0.3, 0.4) is 0 Å². The van der Waals surface area contributed by atoms with Gasteiger partial charge in [-0.05, 0) is 69.8 Å². The normalized spacial score (nSPS) is 10.7. The van der Waals surface area contributed by atoms with Gasteiger partial charge in [-0.3, -0.25) is 4.79 Å². The van der Waals surface area contributed by atoms with Crippen molar-refractivity contribution >= 4 is 37.6 Å². The fraction of sp³-hybridized carbons (Fsp3) is 0.214. The molecule has 1 heterocycles. The van der Waals surface area contributed by atoms with E-state index in [1.165, 1.54) is 5.56 Å². The van der Waals surface area contributed by atoms with E-state index < -0.39 is 0 Å². The number of ketones is 1. The number of hydrogen-bond donors (Lipinski definition) is 1. The summed E-state index contributed by atoms with van der Waals surface area (Å²) in [4.78, 5) is 15.5. The van der Waals surface area contributed by atoms with Crippen molar-refractivity contribution in [2.75, 3.05) is 0 Å². The number of carbonyl (C=O) groups is 1.